The molecule has 0 spiro atoms. The Morgan fingerprint density at radius 1 is 1.53 bits per heavy atom. The number of halogens is 1. The molecule has 0 bridgehead atoms. The largest absolute Gasteiger partial charge is 0.495 e. The summed E-state index contributed by atoms with van der Waals surface area (Å²) in [4.78, 5) is 14.0. The smallest absolute Gasteiger partial charge is 0.321 e. The molecule has 1 heterocycles. The molecule has 5 heteroatoms. The summed E-state index contributed by atoms with van der Waals surface area (Å²) < 4.78 is 6.09. The number of rotatable bonds is 2. The summed E-state index contributed by atoms with van der Waals surface area (Å²) >= 11 is 3.39. The summed E-state index contributed by atoms with van der Waals surface area (Å²) in [7, 11) is 1.61. The number of hydrogen-bond acceptors (Lipinski definition) is 2. The average molecular weight is 327 g/mol. The Balaban J connectivity index is 2.02. The molecule has 2 amide bonds. The van der Waals surface area contributed by atoms with Crippen molar-refractivity contribution in [1.82, 2.24) is 4.90 Å². The zero-order valence-corrected chi connectivity index (χ0v) is 12.9. The molecule has 1 N–H and O–H groups in total. The van der Waals surface area contributed by atoms with Crippen molar-refractivity contribution in [2.24, 2.45) is 5.92 Å². The number of ether oxygens (including phenoxy) is 1. The van der Waals surface area contributed by atoms with Crippen LogP contribution in [0.1, 0.15) is 19.8 Å². The molecular formula is C14H19BrN2O2. The highest BCUT2D eigenvalue weighted by Crippen LogP contribution is 2.28. The van der Waals surface area contributed by atoms with Crippen molar-refractivity contribution < 1.29 is 9.53 Å². The predicted molar refractivity (Wildman–Crippen MR) is 79.7 cm³/mol. The first-order valence-electron chi connectivity index (χ1n) is 6.49. The van der Waals surface area contributed by atoms with Gasteiger partial charge in [-0.3, -0.25) is 0 Å². The summed E-state index contributed by atoms with van der Waals surface area (Å²) in [5.74, 6) is 1.30. The van der Waals surface area contributed by atoms with Crippen LogP contribution < -0.4 is 10.1 Å². The molecule has 1 aliphatic rings. The van der Waals surface area contributed by atoms with Crippen molar-refractivity contribution in [1.29, 1.82) is 0 Å². The number of likely N-dealkylation sites (tertiary alicyclic amines) is 1. The van der Waals surface area contributed by atoms with Crippen molar-refractivity contribution in [2.75, 3.05) is 25.5 Å². The highest BCUT2D eigenvalue weighted by molar-refractivity contribution is 9.10. The van der Waals surface area contributed by atoms with Crippen molar-refractivity contribution in [3.63, 3.8) is 0 Å². The highest BCUT2D eigenvalue weighted by Gasteiger charge is 2.20. The van der Waals surface area contributed by atoms with Gasteiger partial charge in [0.1, 0.15) is 5.75 Å². The van der Waals surface area contributed by atoms with Crippen LogP contribution in [-0.4, -0.2) is 31.1 Å². The Labute approximate surface area is 122 Å². The number of benzene rings is 1. The molecule has 4 nitrogen and oxygen atoms in total. The van der Waals surface area contributed by atoms with E-state index in [1.54, 1.807) is 7.11 Å². The topological polar surface area (TPSA) is 41.6 Å². The third-order valence-corrected chi connectivity index (χ3v) is 4.00. The lowest BCUT2D eigenvalue weighted by Crippen LogP contribution is -2.41. The van der Waals surface area contributed by atoms with E-state index in [4.69, 9.17) is 4.74 Å². The van der Waals surface area contributed by atoms with Gasteiger partial charge in [0.15, 0.2) is 0 Å². The number of nitrogens with zero attached hydrogens (tertiary/aromatic N) is 1. The average Bonchev–Trinajstić information content (AvgIpc) is 2.41. The molecule has 0 aliphatic carbocycles. The number of urea groups is 1. The van der Waals surface area contributed by atoms with E-state index in [2.05, 4.69) is 28.2 Å². The first-order valence-corrected chi connectivity index (χ1v) is 7.29. The van der Waals surface area contributed by atoms with Crippen LogP contribution in [0.3, 0.4) is 0 Å². The van der Waals surface area contributed by atoms with E-state index >= 15 is 0 Å². The molecule has 19 heavy (non-hydrogen) atoms. The summed E-state index contributed by atoms with van der Waals surface area (Å²) in [6.07, 6.45) is 2.29. The predicted octanol–water partition coefficient (Wildman–Crippen LogP) is 3.72. The molecule has 1 aromatic carbocycles. The molecule has 0 aromatic heterocycles. The van der Waals surface area contributed by atoms with Gasteiger partial charge in [-0.2, -0.15) is 0 Å². The molecule has 1 atom stereocenters. The Kier molecular flexibility index (Phi) is 4.69. The third-order valence-electron chi connectivity index (χ3n) is 3.35. The number of nitrogens with one attached hydrogen (secondary N) is 1. The van der Waals surface area contributed by atoms with Gasteiger partial charge in [-0.05, 0) is 46.8 Å². The monoisotopic (exact) mass is 326 g/mol. The quantitative estimate of drug-likeness (QED) is 0.899. The van der Waals surface area contributed by atoms with Crippen LogP contribution in [0.5, 0.6) is 5.75 Å². The molecule has 2 rings (SSSR count). The standard InChI is InChI=1S/C14H19BrN2O2/c1-10-4-3-7-17(9-10)14(18)16-11-5-6-12(15)13(8-11)19-2/h5-6,8,10H,3-4,7,9H2,1-2H3,(H,16,18). The number of hydrogen-bond donors (Lipinski definition) is 1. The maximum atomic E-state index is 12.2. The number of methoxy groups -OCH3 is 1. The Hall–Kier alpha value is -1.23. The van der Waals surface area contributed by atoms with Crippen molar-refractivity contribution in [3.8, 4) is 5.75 Å². The fourth-order valence-electron chi connectivity index (χ4n) is 2.31. The maximum Gasteiger partial charge on any atom is 0.321 e. The molecule has 1 saturated heterocycles. The first-order chi connectivity index (χ1) is 9.10. The molecule has 1 unspecified atom stereocenters. The lowest BCUT2D eigenvalue weighted by Gasteiger charge is -2.31. The maximum absolute atomic E-state index is 12.2. The second kappa shape index (κ2) is 6.28. The third kappa shape index (κ3) is 3.62. The fourth-order valence-corrected chi connectivity index (χ4v) is 2.72. The molecule has 1 fully saturated rings. The number of piperidine rings is 1. The summed E-state index contributed by atoms with van der Waals surface area (Å²) in [6.45, 7) is 3.85. The second-order valence-corrected chi connectivity index (χ2v) is 5.83. The van der Waals surface area contributed by atoms with Gasteiger partial charge < -0.3 is 15.0 Å². The van der Waals surface area contributed by atoms with Gasteiger partial charge in [0.05, 0.1) is 11.6 Å². The van der Waals surface area contributed by atoms with E-state index in [-0.39, 0.29) is 6.03 Å². The van der Waals surface area contributed by atoms with E-state index in [0.29, 0.717) is 11.7 Å². The molecular weight excluding hydrogens is 308 g/mol. The van der Waals surface area contributed by atoms with Crippen molar-refractivity contribution in [3.05, 3.63) is 22.7 Å². The molecule has 1 aliphatic heterocycles. The van der Waals surface area contributed by atoms with Crippen molar-refractivity contribution >= 4 is 27.6 Å². The van der Waals surface area contributed by atoms with Gasteiger partial charge in [0.2, 0.25) is 0 Å². The minimum atomic E-state index is -0.0316. The minimum Gasteiger partial charge on any atom is -0.495 e. The Morgan fingerprint density at radius 3 is 3.00 bits per heavy atom. The van der Waals surface area contributed by atoms with Gasteiger partial charge in [-0.15, -0.1) is 0 Å². The Morgan fingerprint density at radius 2 is 2.32 bits per heavy atom. The molecule has 1 aromatic rings. The zero-order valence-electron chi connectivity index (χ0n) is 11.3. The fraction of sp³-hybridized carbons (Fsp3) is 0.500. The lowest BCUT2D eigenvalue weighted by atomic mass is 10.0. The van der Waals surface area contributed by atoms with Crippen LogP contribution in [-0.2, 0) is 0 Å². The van der Waals surface area contributed by atoms with Crippen LogP contribution in [0.15, 0.2) is 22.7 Å². The lowest BCUT2D eigenvalue weighted by molar-refractivity contribution is 0.182. The number of anilines is 1. The van der Waals surface area contributed by atoms with E-state index in [1.807, 2.05) is 23.1 Å². The highest BCUT2D eigenvalue weighted by atomic mass is 79.9. The van der Waals surface area contributed by atoms with Gasteiger partial charge >= 0.3 is 6.03 Å². The summed E-state index contributed by atoms with van der Waals surface area (Å²) in [5.41, 5.74) is 0.753. The van der Waals surface area contributed by atoms with E-state index in [1.165, 1.54) is 6.42 Å². The second-order valence-electron chi connectivity index (χ2n) is 4.97. The first kappa shape index (κ1) is 14.2. The van der Waals surface area contributed by atoms with Gasteiger partial charge in [-0.1, -0.05) is 6.92 Å². The number of carbonyl (C=O) groups excluding carboxylic acids is 1. The van der Waals surface area contributed by atoms with Crippen LogP contribution in [0.2, 0.25) is 0 Å². The van der Waals surface area contributed by atoms with Crippen LogP contribution in [0.25, 0.3) is 0 Å². The SMILES string of the molecule is COc1cc(NC(=O)N2CCCC(C)C2)ccc1Br. The van der Waals surface area contributed by atoms with Gasteiger partial charge in [0.25, 0.3) is 0 Å². The molecule has 104 valence electrons. The minimum absolute atomic E-state index is 0.0316. The zero-order chi connectivity index (χ0) is 13.8. The van der Waals surface area contributed by atoms with Crippen molar-refractivity contribution in [2.45, 2.75) is 19.8 Å². The van der Waals surface area contributed by atoms with Crippen LogP contribution in [0.4, 0.5) is 10.5 Å². The van der Waals surface area contributed by atoms with Gasteiger partial charge in [0, 0.05) is 24.8 Å². The molecule has 0 saturated carbocycles. The van der Waals surface area contributed by atoms with Crippen LogP contribution >= 0.6 is 15.9 Å². The number of carbonyl (C=O) groups is 1. The van der Waals surface area contributed by atoms with Crippen LogP contribution in [0, 0.1) is 5.92 Å². The summed E-state index contributed by atoms with van der Waals surface area (Å²) in [5, 5.41) is 2.92. The van der Waals surface area contributed by atoms with Gasteiger partial charge in [-0.25, -0.2) is 4.79 Å². The normalized spacial score (nSPS) is 19.1. The summed E-state index contributed by atoms with van der Waals surface area (Å²) in [6, 6.07) is 5.51. The number of amides is 2. The van der Waals surface area contributed by atoms with E-state index in [9.17, 15) is 4.79 Å². The van der Waals surface area contributed by atoms with E-state index in [0.717, 1.165) is 29.7 Å². The Bertz CT molecular complexity index is 465. The molecule has 0 radical (unpaired) electrons. The van der Waals surface area contributed by atoms with E-state index < -0.39 is 0 Å².